The summed E-state index contributed by atoms with van der Waals surface area (Å²) in [6.45, 7) is 2.56. The van der Waals surface area contributed by atoms with E-state index >= 15 is 0 Å². The molecule has 1 fully saturated rings. The molecule has 1 amide bonds. The standard InChI is InChI=1S/C23H22F3N5O/c1-14-10-20(23(24,25)26)31-21(28-14)11-19(29-31)16-8-9-30(13-16)22(32)7-6-15-12-27-18-5-3-2-4-17(15)18/h2-5,10-12,16,27H,6-9,13H2,1H3. The van der Waals surface area contributed by atoms with E-state index in [1.807, 2.05) is 30.5 Å². The predicted octanol–water partition coefficient (Wildman–Crippen LogP) is 4.49. The highest BCUT2D eigenvalue weighted by molar-refractivity contribution is 5.84. The molecule has 1 N–H and O–H groups in total. The normalized spacial score (nSPS) is 17.0. The van der Waals surface area contributed by atoms with E-state index in [1.54, 1.807) is 11.0 Å². The van der Waals surface area contributed by atoms with Crippen LogP contribution in [0.3, 0.4) is 0 Å². The van der Waals surface area contributed by atoms with Gasteiger partial charge >= 0.3 is 6.18 Å². The summed E-state index contributed by atoms with van der Waals surface area (Å²) in [6, 6.07) is 10.6. The molecule has 166 valence electrons. The van der Waals surface area contributed by atoms with E-state index in [0.29, 0.717) is 38.0 Å². The van der Waals surface area contributed by atoms with Crippen molar-refractivity contribution in [1.29, 1.82) is 0 Å². The quantitative estimate of drug-likeness (QED) is 0.508. The number of nitrogens with one attached hydrogen (secondary N) is 1. The third-order valence-electron chi connectivity index (χ3n) is 6.11. The first-order valence-corrected chi connectivity index (χ1v) is 10.6. The minimum Gasteiger partial charge on any atom is -0.361 e. The average molecular weight is 441 g/mol. The molecule has 1 aromatic carbocycles. The zero-order valence-electron chi connectivity index (χ0n) is 17.5. The third-order valence-corrected chi connectivity index (χ3v) is 6.11. The zero-order valence-corrected chi connectivity index (χ0v) is 17.5. The Morgan fingerprint density at radius 1 is 1.25 bits per heavy atom. The largest absolute Gasteiger partial charge is 0.433 e. The number of aryl methyl sites for hydroxylation is 2. The zero-order chi connectivity index (χ0) is 22.5. The van der Waals surface area contributed by atoms with Gasteiger partial charge in [-0.15, -0.1) is 0 Å². The van der Waals surface area contributed by atoms with Gasteiger partial charge in [0.25, 0.3) is 0 Å². The number of alkyl halides is 3. The highest BCUT2D eigenvalue weighted by Gasteiger charge is 2.36. The second kappa shape index (κ2) is 7.65. The van der Waals surface area contributed by atoms with Gasteiger partial charge in [-0.05, 0) is 37.5 Å². The molecule has 3 aromatic heterocycles. The molecule has 4 heterocycles. The van der Waals surface area contributed by atoms with Crippen molar-refractivity contribution >= 4 is 22.5 Å². The Morgan fingerprint density at radius 3 is 2.88 bits per heavy atom. The summed E-state index contributed by atoms with van der Waals surface area (Å²) in [5, 5.41) is 5.33. The maximum atomic E-state index is 13.4. The number of hydrogen-bond acceptors (Lipinski definition) is 3. The first-order valence-electron chi connectivity index (χ1n) is 10.6. The van der Waals surface area contributed by atoms with E-state index in [1.165, 1.54) is 6.92 Å². The summed E-state index contributed by atoms with van der Waals surface area (Å²) in [5.74, 6) is -0.0541. The van der Waals surface area contributed by atoms with Crippen LogP contribution in [0, 0.1) is 6.92 Å². The molecule has 5 rings (SSSR count). The number of hydrogen-bond donors (Lipinski definition) is 1. The molecule has 1 unspecified atom stereocenters. The van der Waals surface area contributed by atoms with E-state index < -0.39 is 11.9 Å². The van der Waals surface area contributed by atoms with Crippen molar-refractivity contribution in [3.8, 4) is 0 Å². The maximum Gasteiger partial charge on any atom is 0.433 e. The molecular weight excluding hydrogens is 419 g/mol. The van der Waals surface area contributed by atoms with Crippen LogP contribution in [0.1, 0.15) is 41.4 Å². The van der Waals surface area contributed by atoms with E-state index in [0.717, 1.165) is 27.0 Å². The Labute approximate surface area is 182 Å². The molecule has 0 saturated carbocycles. The summed E-state index contributed by atoms with van der Waals surface area (Å²) in [6.07, 6.45) is -0.887. The van der Waals surface area contributed by atoms with Gasteiger partial charge in [0.05, 0.1) is 5.69 Å². The van der Waals surface area contributed by atoms with Crippen molar-refractivity contribution in [2.75, 3.05) is 13.1 Å². The number of likely N-dealkylation sites (tertiary alicyclic amines) is 1. The van der Waals surface area contributed by atoms with Crippen molar-refractivity contribution < 1.29 is 18.0 Å². The molecule has 0 radical (unpaired) electrons. The van der Waals surface area contributed by atoms with Crippen LogP contribution in [0.4, 0.5) is 13.2 Å². The number of aromatic nitrogens is 4. The first kappa shape index (κ1) is 20.5. The smallest absolute Gasteiger partial charge is 0.361 e. The number of aromatic amines is 1. The summed E-state index contributed by atoms with van der Waals surface area (Å²) in [4.78, 5) is 22.0. The lowest BCUT2D eigenvalue weighted by Crippen LogP contribution is -2.28. The van der Waals surface area contributed by atoms with Gasteiger partial charge in [-0.3, -0.25) is 4.79 Å². The number of nitrogens with zero attached hydrogens (tertiary/aromatic N) is 4. The highest BCUT2D eigenvalue weighted by Crippen LogP contribution is 2.32. The molecular formula is C23H22F3N5O. The van der Waals surface area contributed by atoms with Gasteiger partial charge in [0.2, 0.25) is 5.91 Å². The van der Waals surface area contributed by atoms with E-state index in [4.69, 9.17) is 0 Å². The van der Waals surface area contributed by atoms with Crippen LogP contribution in [0.5, 0.6) is 0 Å². The SMILES string of the molecule is Cc1cc(C(F)(F)F)n2nc(C3CCN(C(=O)CCc4c[nH]c5ccccc45)C3)cc2n1. The van der Waals surface area contributed by atoms with Crippen LogP contribution in [-0.2, 0) is 17.4 Å². The van der Waals surface area contributed by atoms with Gasteiger partial charge in [-0.1, -0.05) is 18.2 Å². The third kappa shape index (κ3) is 3.72. The van der Waals surface area contributed by atoms with Crippen LogP contribution in [0.2, 0.25) is 0 Å². The van der Waals surface area contributed by atoms with Gasteiger partial charge in [-0.25, -0.2) is 9.50 Å². The summed E-state index contributed by atoms with van der Waals surface area (Å²) in [7, 11) is 0. The molecule has 1 atom stereocenters. The lowest BCUT2D eigenvalue weighted by atomic mass is 10.1. The summed E-state index contributed by atoms with van der Waals surface area (Å²) >= 11 is 0. The summed E-state index contributed by atoms with van der Waals surface area (Å²) < 4.78 is 41.1. The lowest BCUT2D eigenvalue weighted by Gasteiger charge is -2.16. The number of H-pyrrole nitrogens is 1. The number of benzene rings is 1. The van der Waals surface area contributed by atoms with Crippen LogP contribution >= 0.6 is 0 Å². The van der Waals surface area contributed by atoms with Crippen LogP contribution in [0.15, 0.2) is 42.6 Å². The van der Waals surface area contributed by atoms with E-state index in [9.17, 15) is 18.0 Å². The second-order valence-electron chi connectivity index (χ2n) is 8.30. The summed E-state index contributed by atoms with van der Waals surface area (Å²) in [5.41, 5.74) is 2.32. The van der Waals surface area contributed by atoms with Crippen molar-refractivity contribution in [3.05, 3.63) is 65.2 Å². The topological polar surface area (TPSA) is 66.3 Å². The first-order chi connectivity index (χ1) is 15.3. The van der Waals surface area contributed by atoms with Crippen LogP contribution < -0.4 is 0 Å². The van der Waals surface area contributed by atoms with Crippen molar-refractivity contribution in [3.63, 3.8) is 0 Å². The van der Waals surface area contributed by atoms with Gasteiger partial charge in [0, 0.05) is 54.3 Å². The highest BCUT2D eigenvalue weighted by atomic mass is 19.4. The fourth-order valence-corrected chi connectivity index (χ4v) is 4.49. The second-order valence-corrected chi connectivity index (χ2v) is 8.30. The molecule has 0 spiro atoms. The lowest BCUT2D eigenvalue weighted by molar-refractivity contribution is -0.142. The van der Waals surface area contributed by atoms with Gasteiger partial charge < -0.3 is 9.88 Å². The monoisotopic (exact) mass is 441 g/mol. The number of rotatable bonds is 4. The maximum absolute atomic E-state index is 13.4. The van der Waals surface area contributed by atoms with Crippen LogP contribution in [-0.4, -0.2) is 43.5 Å². The number of halogens is 3. The number of fused-ring (bicyclic) bond motifs is 2. The van der Waals surface area contributed by atoms with Crippen molar-refractivity contribution in [2.24, 2.45) is 0 Å². The van der Waals surface area contributed by atoms with Gasteiger partial charge in [0.1, 0.15) is 5.69 Å². The van der Waals surface area contributed by atoms with Gasteiger partial charge in [-0.2, -0.15) is 18.3 Å². The molecule has 32 heavy (non-hydrogen) atoms. The Morgan fingerprint density at radius 2 is 2.06 bits per heavy atom. The number of amides is 1. The molecule has 1 saturated heterocycles. The predicted molar refractivity (Wildman–Crippen MR) is 113 cm³/mol. The van der Waals surface area contributed by atoms with Crippen molar-refractivity contribution in [2.45, 2.75) is 38.3 Å². The Hall–Kier alpha value is -3.36. The minimum absolute atomic E-state index is 0.0477. The minimum atomic E-state index is -4.52. The van der Waals surface area contributed by atoms with E-state index in [-0.39, 0.29) is 23.2 Å². The molecule has 6 nitrogen and oxygen atoms in total. The molecule has 0 bridgehead atoms. The number of carbonyl (C=O) groups is 1. The number of para-hydroxylation sites is 1. The number of carbonyl (C=O) groups excluding carboxylic acids is 1. The Bertz CT molecular complexity index is 1310. The van der Waals surface area contributed by atoms with Crippen molar-refractivity contribution in [1.82, 2.24) is 24.5 Å². The molecule has 1 aliphatic rings. The molecule has 4 aromatic rings. The molecule has 9 heteroatoms. The Kier molecular flexibility index (Phi) is 4.91. The Balaban J connectivity index is 1.29. The van der Waals surface area contributed by atoms with Gasteiger partial charge in [0.15, 0.2) is 5.65 Å². The molecule has 1 aliphatic heterocycles. The average Bonchev–Trinajstić information content (AvgIpc) is 3.48. The van der Waals surface area contributed by atoms with E-state index in [2.05, 4.69) is 15.1 Å². The fourth-order valence-electron chi connectivity index (χ4n) is 4.49. The molecule has 0 aliphatic carbocycles. The fraction of sp³-hybridized carbons (Fsp3) is 0.348. The van der Waals surface area contributed by atoms with Crippen LogP contribution in [0.25, 0.3) is 16.6 Å².